The molecule has 0 heterocycles. The Kier molecular flexibility index (Phi) is 3.60. The first-order chi connectivity index (χ1) is 10.1. The molecule has 21 heavy (non-hydrogen) atoms. The highest BCUT2D eigenvalue weighted by Gasteiger charge is 2.28. The molecule has 2 atom stereocenters. The van der Waals surface area contributed by atoms with Crippen LogP contribution in [0.2, 0.25) is 0 Å². The SMILES string of the molecule is Cc1ccc2c(c1)CC(CO)CC2c1ccc(O)c(O)c1. The zero-order chi connectivity index (χ0) is 15.0. The van der Waals surface area contributed by atoms with E-state index in [1.54, 1.807) is 6.07 Å². The molecule has 0 aliphatic heterocycles. The number of hydrogen-bond acceptors (Lipinski definition) is 3. The van der Waals surface area contributed by atoms with Crippen LogP contribution < -0.4 is 0 Å². The predicted molar refractivity (Wildman–Crippen MR) is 81.7 cm³/mol. The molecule has 0 aromatic heterocycles. The van der Waals surface area contributed by atoms with E-state index in [-0.39, 0.29) is 29.9 Å². The van der Waals surface area contributed by atoms with Gasteiger partial charge in [0.05, 0.1) is 0 Å². The molecule has 0 saturated heterocycles. The number of benzene rings is 2. The molecule has 0 amide bonds. The lowest BCUT2D eigenvalue weighted by atomic mass is 9.74. The van der Waals surface area contributed by atoms with E-state index in [4.69, 9.17) is 0 Å². The standard InChI is InChI=1S/C18H20O3/c1-11-2-4-15-14(6-11)7-12(10-19)8-16(15)13-3-5-17(20)18(21)9-13/h2-6,9,12,16,19-21H,7-8,10H2,1H3. The number of aliphatic hydroxyl groups is 1. The highest BCUT2D eigenvalue weighted by molar-refractivity contribution is 5.47. The molecule has 1 aliphatic carbocycles. The van der Waals surface area contributed by atoms with Gasteiger partial charge in [-0.15, -0.1) is 0 Å². The average molecular weight is 284 g/mol. The van der Waals surface area contributed by atoms with E-state index in [0.717, 1.165) is 18.4 Å². The van der Waals surface area contributed by atoms with Crippen LogP contribution in [0.15, 0.2) is 36.4 Å². The van der Waals surface area contributed by atoms with E-state index in [9.17, 15) is 15.3 Å². The third kappa shape index (κ3) is 2.61. The minimum atomic E-state index is -0.0996. The summed E-state index contributed by atoms with van der Waals surface area (Å²) in [5.41, 5.74) is 4.74. The van der Waals surface area contributed by atoms with Gasteiger partial charge in [0.2, 0.25) is 0 Å². The Bertz CT molecular complexity index is 664. The van der Waals surface area contributed by atoms with E-state index in [1.165, 1.54) is 22.8 Å². The number of phenols is 2. The van der Waals surface area contributed by atoms with Crippen LogP contribution in [0.5, 0.6) is 11.5 Å². The average Bonchev–Trinajstić information content (AvgIpc) is 2.48. The second kappa shape index (κ2) is 5.41. The summed E-state index contributed by atoms with van der Waals surface area (Å²) < 4.78 is 0. The number of aryl methyl sites for hydroxylation is 1. The van der Waals surface area contributed by atoms with Crippen molar-refractivity contribution in [2.75, 3.05) is 6.61 Å². The van der Waals surface area contributed by atoms with Crippen molar-refractivity contribution >= 4 is 0 Å². The number of aliphatic hydroxyl groups excluding tert-OH is 1. The van der Waals surface area contributed by atoms with Crippen LogP contribution in [-0.4, -0.2) is 21.9 Å². The monoisotopic (exact) mass is 284 g/mol. The van der Waals surface area contributed by atoms with Gasteiger partial charge < -0.3 is 15.3 Å². The normalized spacial score (nSPS) is 21.0. The van der Waals surface area contributed by atoms with Crippen LogP contribution in [0.3, 0.4) is 0 Å². The van der Waals surface area contributed by atoms with Gasteiger partial charge in [-0.2, -0.15) is 0 Å². The Hall–Kier alpha value is -2.00. The smallest absolute Gasteiger partial charge is 0.157 e. The third-order valence-electron chi connectivity index (χ3n) is 4.41. The lowest BCUT2D eigenvalue weighted by Crippen LogP contribution is -2.22. The molecular weight excluding hydrogens is 264 g/mol. The Labute approximate surface area is 124 Å². The second-order valence-electron chi connectivity index (χ2n) is 5.99. The zero-order valence-corrected chi connectivity index (χ0v) is 12.1. The molecule has 3 rings (SSSR count). The van der Waals surface area contributed by atoms with Crippen LogP contribution in [-0.2, 0) is 6.42 Å². The topological polar surface area (TPSA) is 60.7 Å². The minimum absolute atomic E-state index is 0.0905. The van der Waals surface area contributed by atoms with Crippen molar-refractivity contribution in [1.29, 1.82) is 0 Å². The molecule has 0 radical (unpaired) electrons. The van der Waals surface area contributed by atoms with Crippen molar-refractivity contribution in [3.05, 3.63) is 58.7 Å². The summed E-state index contributed by atoms with van der Waals surface area (Å²) in [6, 6.07) is 11.4. The van der Waals surface area contributed by atoms with E-state index in [1.807, 2.05) is 6.07 Å². The fraction of sp³-hybridized carbons (Fsp3) is 0.333. The summed E-state index contributed by atoms with van der Waals surface area (Å²) in [5.74, 6) is 0.197. The van der Waals surface area contributed by atoms with Crippen LogP contribution in [0.1, 0.15) is 34.6 Å². The fourth-order valence-corrected chi connectivity index (χ4v) is 3.32. The van der Waals surface area contributed by atoms with Gasteiger partial charge in [0.25, 0.3) is 0 Å². The van der Waals surface area contributed by atoms with Gasteiger partial charge in [-0.1, -0.05) is 29.8 Å². The summed E-state index contributed by atoms with van der Waals surface area (Å²) in [5, 5.41) is 28.8. The molecule has 110 valence electrons. The first-order valence-electron chi connectivity index (χ1n) is 7.30. The van der Waals surface area contributed by atoms with Crippen LogP contribution in [0, 0.1) is 12.8 Å². The van der Waals surface area contributed by atoms with Gasteiger partial charge >= 0.3 is 0 Å². The number of rotatable bonds is 2. The third-order valence-corrected chi connectivity index (χ3v) is 4.41. The van der Waals surface area contributed by atoms with E-state index in [2.05, 4.69) is 25.1 Å². The Balaban J connectivity index is 2.07. The predicted octanol–water partition coefficient (Wildman–Crippen LogP) is 3.09. The lowest BCUT2D eigenvalue weighted by Gasteiger charge is -2.31. The maximum Gasteiger partial charge on any atom is 0.157 e. The summed E-state index contributed by atoms with van der Waals surface area (Å²) in [6.45, 7) is 2.25. The maximum absolute atomic E-state index is 9.75. The molecule has 3 nitrogen and oxygen atoms in total. The highest BCUT2D eigenvalue weighted by Crippen LogP contribution is 2.41. The molecule has 2 unspecified atom stereocenters. The fourth-order valence-electron chi connectivity index (χ4n) is 3.32. The van der Waals surface area contributed by atoms with Gasteiger partial charge in [-0.25, -0.2) is 0 Å². The van der Waals surface area contributed by atoms with E-state index >= 15 is 0 Å². The molecule has 0 fully saturated rings. The quantitative estimate of drug-likeness (QED) is 0.743. The first kappa shape index (κ1) is 14.0. The van der Waals surface area contributed by atoms with Gasteiger partial charge in [0.1, 0.15) is 0 Å². The number of aromatic hydroxyl groups is 2. The van der Waals surface area contributed by atoms with Gasteiger partial charge in [-0.3, -0.25) is 0 Å². The van der Waals surface area contributed by atoms with Gasteiger partial charge in [0.15, 0.2) is 11.5 Å². The van der Waals surface area contributed by atoms with Crippen LogP contribution >= 0.6 is 0 Å². The molecule has 2 aromatic carbocycles. The first-order valence-corrected chi connectivity index (χ1v) is 7.30. The van der Waals surface area contributed by atoms with Crippen molar-refractivity contribution < 1.29 is 15.3 Å². The van der Waals surface area contributed by atoms with Crippen LogP contribution in [0.4, 0.5) is 0 Å². The molecule has 1 aliphatic rings. The van der Waals surface area contributed by atoms with Gasteiger partial charge in [-0.05, 0) is 54.5 Å². The van der Waals surface area contributed by atoms with E-state index in [0.29, 0.717) is 0 Å². The van der Waals surface area contributed by atoms with E-state index < -0.39 is 0 Å². The summed E-state index contributed by atoms with van der Waals surface area (Å²) >= 11 is 0. The van der Waals surface area contributed by atoms with Crippen molar-refractivity contribution in [2.24, 2.45) is 5.92 Å². The summed E-state index contributed by atoms with van der Waals surface area (Å²) in [7, 11) is 0. The van der Waals surface area contributed by atoms with Crippen molar-refractivity contribution in [2.45, 2.75) is 25.7 Å². The molecule has 0 saturated carbocycles. The second-order valence-corrected chi connectivity index (χ2v) is 5.99. The summed E-state index contributed by atoms with van der Waals surface area (Å²) in [4.78, 5) is 0. The van der Waals surface area contributed by atoms with Crippen LogP contribution in [0.25, 0.3) is 0 Å². The van der Waals surface area contributed by atoms with Crippen molar-refractivity contribution in [1.82, 2.24) is 0 Å². The summed E-state index contributed by atoms with van der Waals surface area (Å²) in [6.07, 6.45) is 1.75. The molecule has 0 bridgehead atoms. The van der Waals surface area contributed by atoms with Crippen molar-refractivity contribution in [3.8, 4) is 11.5 Å². The largest absolute Gasteiger partial charge is 0.504 e. The zero-order valence-electron chi connectivity index (χ0n) is 12.1. The maximum atomic E-state index is 9.75. The highest BCUT2D eigenvalue weighted by atomic mass is 16.3. The van der Waals surface area contributed by atoms with Gasteiger partial charge in [0, 0.05) is 12.5 Å². The number of phenolic OH excluding ortho intramolecular Hbond substituents is 2. The molecule has 3 heteroatoms. The lowest BCUT2D eigenvalue weighted by molar-refractivity contribution is 0.208. The minimum Gasteiger partial charge on any atom is -0.504 e. The molecule has 2 aromatic rings. The Morgan fingerprint density at radius 3 is 2.57 bits per heavy atom. The Morgan fingerprint density at radius 2 is 1.86 bits per heavy atom. The molecule has 3 N–H and O–H groups in total. The molecular formula is C18H20O3. The number of hydrogen-bond donors (Lipinski definition) is 3. The molecule has 0 spiro atoms. The van der Waals surface area contributed by atoms with Crippen molar-refractivity contribution in [3.63, 3.8) is 0 Å². The Morgan fingerprint density at radius 1 is 1.05 bits per heavy atom. The number of fused-ring (bicyclic) bond motifs is 1.